The highest BCUT2D eigenvalue weighted by Crippen LogP contribution is 2.56. The fourth-order valence-electron chi connectivity index (χ4n) is 6.60. The number of aryl methyl sites for hydroxylation is 1. The van der Waals surface area contributed by atoms with Crippen molar-refractivity contribution in [1.29, 1.82) is 0 Å². The van der Waals surface area contributed by atoms with Gasteiger partial charge in [-0.2, -0.15) is 26.3 Å². The van der Waals surface area contributed by atoms with Gasteiger partial charge in [0.25, 0.3) is 0 Å². The molecule has 2 aliphatic rings. The quantitative estimate of drug-likeness (QED) is 0.301. The van der Waals surface area contributed by atoms with Crippen LogP contribution in [0, 0.1) is 5.82 Å². The number of hydrogen-bond donors (Lipinski definition) is 1. The minimum Gasteiger partial charge on any atom is -0.481 e. The number of likely N-dealkylation sites (tertiary alicyclic amines) is 1. The molecule has 1 amide bonds. The van der Waals surface area contributed by atoms with Crippen molar-refractivity contribution < 1.29 is 58.2 Å². The highest BCUT2D eigenvalue weighted by atomic mass is 32.2. The van der Waals surface area contributed by atoms with Crippen molar-refractivity contribution in [3.63, 3.8) is 0 Å². The Balaban J connectivity index is 1.60. The Kier molecular flexibility index (Phi) is 8.23. The third-order valence-corrected chi connectivity index (χ3v) is 11.2. The van der Waals surface area contributed by atoms with Crippen molar-refractivity contribution in [3.8, 4) is 0 Å². The van der Waals surface area contributed by atoms with E-state index in [1.807, 2.05) is 0 Å². The van der Waals surface area contributed by atoms with Gasteiger partial charge in [-0.3, -0.25) is 9.59 Å². The van der Waals surface area contributed by atoms with Crippen LogP contribution in [0.5, 0.6) is 0 Å². The van der Waals surface area contributed by atoms with E-state index in [0.29, 0.717) is 17.2 Å². The Bertz CT molecular complexity index is 1780. The molecule has 46 heavy (non-hydrogen) atoms. The molecule has 1 aliphatic heterocycles. The number of amides is 1. The largest absolute Gasteiger partial charge is 0.481 e. The van der Waals surface area contributed by atoms with Gasteiger partial charge in [0.1, 0.15) is 10.6 Å². The minimum atomic E-state index is -6.38. The SMILES string of the molecule is O=C(O)Cc1ccc(CC(=O)N2CCC3(S(=O)(=O)c4cccc(F)c4)c4ccc(C(F)(C(F)(F)F)C(F)(F)F)cc4CCC23)cc1. The van der Waals surface area contributed by atoms with Crippen LogP contribution in [0.4, 0.5) is 35.1 Å². The number of carbonyl (C=O) groups excluding carboxylic acids is 1. The van der Waals surface area contributed by atoms with E-state index < -0.39 is 66.8 Å². The minimum absolute atomic E-state index is 0.172. The maximum atomic E-state index is 15.0. The normalized spacial score (nSPS) is 20.3. The molecule has 2 unspecified atom stereocenters. The van der Waals surface area contributed by atoms with E-state index in [1.54, 1.807) is 0 Å². The number of nitrogens with zero attached hydrogens (tertiary/aromatic N) is 1. The predicted octanol–water partition coefficient (Wildman–Crippen LogP) is 6.20. The number of fused-ring (bicyclic) bond motifs is 3. The Morgan fingerprint density at radius 3 is 2.04 bits per heavy atom. The van der Waals surface area contributed by atoms with Crippen LogP contribution in [0.1, 0.15) is 40.7 Å². The van der Waals surface area contributed by atoms with Gasteiger partial charge in [-0.25, -0.2) is 17.2 Å². The first-order chi connectivity index (χ1) is 21.3. The fourth-order valence-corrected chi connectivity index (χ4v) is 9.00. The number of alkyl halides is 7. The molecule has 0 bridgehead atoms. The Hall–Kier alpha value is -4.01. The molecular weight excluding hydrogens is 650 g/mol. The molecule has 2 atom stereocenters. The molecule has 1 saturated heterocycles. The first-order valence-corrected chi connectivity index (χ1v) is 15.4. The predicted molar refractivity (Wildman–Crippen MR) is 147 cm³/mol. The lowest BCUT2D eigenvalue weighted by Crippen LogP contribution is -2.53. The van der Waals surface area contributed by atoms with Crippen molar-refractivity contribution >= 4 is 21.7 Å². The van der Waals surface area contributed by atoms with Crippen molar-refractivity contribution in [3.05, 3.63) is 100 Å². The van der Waals surface area contributed by atoms with E-state index in [-0.39, 0.29) is 55.8 Å². The molecule has 3 aromatic rings. The Morgan fingerprint density at radius 2 is 1.48 bits per heavy atom. The summed E-state index contributed by atoms with van der Waals surface area (Å²) in [5, 5.41) is 8.97. The van der Waals surface area contributed by atoms with Gasteiger partial charge in [0.05, 0.1) is 23.8 Å². The number of aliphatic carboxylic acids is 1. The van der Waals surface area contributed by atoms with Gasteiger partial charge in [-0.05, 0) is 59.7 Å². The van der Waals surface area contributed by atoms with Crippen LogP contribution in [0.3, 0.4) is 0 Å². The van der Waals surface area contributed by atoms with E-state index in [1.165, 1.54) is 29.2 Å². The van der Waals surface area contributed by atoms with E-state index in [9.17, 15) is 53.1 Å². The summed E-state index contributed by atoms with van der Waals surface area (Å²) >= 11 is 0. The second kappa shape index (κ2) is 11.4. The van der Waals surface area contributed by atoms with Gasteiger partial charge in [-0.1, -0.05) is 48.5 Å². The molecule has 0 aromatic heterocycles. The molecule has 15 heteroatoms. The van der Waals surface area contributed by atoms with Gasteiger partial charge in [0, 0.05) is 12.1 Å². The molecule has 246 valence electrons. The fraction of sp³-hybridized carbons (Fsp3) is 0.355. The molecule has 1 fully saturated rings. The second-order valence-electron chi connectivity index (χ2n) is 11.3. The van der Waals surface area contributed by atoms with Crippen molar-refractivity contribution in [2.24, 2.45) is 0 Å². The zero-order chi connectivity index (χ0) is 33.9. The lowest BCUT2D eigenvalue weighted by molar-refractivity contribution is -0.348. The van der Waals surface area contributed by atoms with Crippen LogP contribution < -0.4 is 0 Å². The summed E-state index contributed by atoms with van der Waals surface area (Å²) in [6.45, 7) is -0.172. The molecule has 0 saturated carbocycles. The second-order valence-corrected chi connectivity index (χ2v) is 13.5. The molecule has 5 rings (SSSR count). The summed E-state index contributed by atoms with van der Waals surface area (Å²) in [6, 6.07) is 10.2. The van der Waals surface area contributed by atoms with Crippen molar-refractivity contribution in [2.75, 3.05) is 6.54 Å². The highest BCUT2D eigenvalue weighted by molar-refractivity contribution is 7.92. The standard InChI is InChI=1S/C31H25F8NO5S/c32-22-2-1-3-23(17-22)46(44,45)28-12-13-40(26(41)14-18-4-6-19(7-5-18)15-27(42)43)25(28)11-8-20-16-21(9-10-24(20)28)29(33,30(34,35)36)31(37,38)39/h1-7,9-10,16-17,25H,8,11-15H2,(H,42,43). The molecule has 0 radical (unpaired) electrons. The van der Waals surface area contributed by atoms with Crippen LogP contribution >= 0.6 is 0 Å². The summed E-state index contributed by atoms with van der Waals surface area (Å²) in [4.78, 5) is 25.3. The number of carbonyl (C=O) groups is 2. The maximum absolute atomic E-state index is 15.0. The molecule has 1 N–H and O–H groups in total. The Labute approximate surface area is 257 Å². The number of sulfone groups is 1. The number of rotatable bonds is 7. The lowest BCUT2D eigenvalue weighted by atomic mass is 9.76. The number of benzene rings is 3. The number of halogens is 8. The molecule has 6 nitrogen and oxygen atoms in total. The molecular formula is C31H25F8NO5S. The van der Waals surface area contributed by atoms with Gasteiger partial charge < -0.3 is 10.0 Å². The highest BCUT2D eigenvalue weighted by Gasteiger charge is 2.73. The third kappa shape index (κ3) is 5.31. The molecule has 1 heterocycles. The third-order valence-electron chi connectivity index (χ3n) is 8.71. The summed E-state index contributed by atoms with van der Waals surface area (Å²) in [5.41, 5.74) is -7.02. The summed E-state index contributed by atoms with van der Waals surface area (Å²) in [7, 11) is -4.69. The van der Waals surface area contributed by atoms with Gasteiger partial charge in [0.2, 0.25) is 5.91 Å². The number of carboxylic acids is 1. The van der Waals surface area contributed by atoms with Gasteiger partial charge >= 0.3 is 24.0 Å². The van der Waals surface area contributed by atoms with Crippen LogP contribution in [0.15, 0.2) is 71.6 Å². The van der Waals surface area contributed by atoms with Gasteiger partial charge in [-0.15, -0.1) is 0 Å². The summed E-state index contributed by atoms with van der Waals surface area (Å²) < 4.78 is 137. The van der Waals surface area contributed by atoms with Crippen LogP contribution in [0.2, 0.25) is 0 Å². The number of carboxylic acid groups (broad SMARTS) is 1. The topological polar surface area (TPSA) is 91.8 Å². The van der Waals surface area contributed by atoms with Crippen LogP contribution in [-0.2, 0) is 49.1 Å². The summed E-state index contributed by atoms with van der Waals surface area (Å²) in [5.74, 6) is -2.52. The monoisotopic (exact) mass is 675 g/mol. The molecule has 0 spiro atoms. The smallest absolute Gasteiger partial charge is 0.435 e. The van der Waals surface area contributed by atoms with Crippen molar-refractivity contribution in [1.82, 2.24) is 4.90 Å². The average Bonchev–Trinajstić information content (AvgIpc) is 3.38. The average molecular weight is 676 g/mol. The lowest BCUT2D eigenvalue weighted by Gasteiger charge is -2.43. The van der Waals surface area contributed by atoms with Gasteiger partial charge in [0.15, 0.2) is 9.84 Å². The van der Waals surface area contributed by atoms with Crippen LogP contribution in [0.25, 0.3) is 0 Å². The van der Waals surface area contributed by atoms with E-state index >= 15 is 0 Å². The first-order valence-electron chi connectivity index (χ1n) is 13.9. The molecule has 3 aromatic carbocycles. The molecule has 1 aliphatic carbocycles. The van der Waals surface area contributed by atoms with E-state index in [0.717, 1.165) is 30.3 Å². The zero-order valence-electron chi connectivity index (χ0n) is 23.6. The maximum Gasteiger partial charge on any atom is 0.435 e. The van der Waals surface area contributed by atoms with Crippen LogP contribution in [-0.4, -0.2) is 55.2 Å². The van der Waals surface area contributed by atoms with Crippen molar-refractivity contribution in [2.45, 2.75) is 65.8 Å². The summed E-state index contributed by atoms with van der Waals surface area (Å²) in [6.07, 6.45) is -14.1. The Morgan fingerprint density at radius 1 is 0.870 bits per heavy atom. The first kappa shape index (κ1) is 33.4. The van der Waals surface area contributed by atoms with E-state index in [4.69, 9.17) is 5.11 Å². The van der Waals surface area contributed by atoms with E-state index in [2.05, 4.69) is 0 Å². The number of hydrogen-bond acceptors (Lipinski definition) is 4. The zero-order valence-corrected chi connectivity index (χ0v) is 24.4.